The Hall–Kier alpha value is -1.00. The third-order valence-corrected chi connectivity index (χ3v) is 5.61. The van der Waals surface area contributed by atoms with Crippen LogP contribution in [0, 0.1) is 0 Å². The van der Waals surface area contributed by atoms with E-state index in [1.807, 2.05) is 0 Å². The van der Waals surface area contributed by atoms with Crippen molar-refractivity contribution in [2.45, 2.75) is 12.8 Å². The summed E-state index contributed by atoms with van der Waals surface area (Å²) in [5.41, 5.74) is 0.360. The van der Waals surface area contributed by atoms with E-state index in [1.165, 1.54) is 35.0 Å². The average Bonchev–Trinajstić information content (AvgIpc) is 2.53. The lowest BCUT2D eigenvalue weighted by Crippen LogP contribution is -2.17. The predicted molar refractivity (Wildman–Crippen MR) is 93.6 cm³/mol. The molecule has 0 aliphatic rings. The zero-order chi connectivity index (χ0) is 17.3. The number of carbonyl (C=O) groups is 1. The number of halogens is 2. The topological polar surface area (TPSA) is 55.8 Å². The lowest BCUT2D eigenvalue weighted by molar-refractivity contribution is 0.0550. The van der Waals surface area contributed by atoms with Crippen LogP contribution in [-0.4, -0.2) is 36.7 Å². The molecule has 1 unspecified atom stereocenters. The molecule has 23 heavy (non-hydrogen) atoms. The van der Waals surface area contributed by atoms with Gasteiger partial charge in [-0.3, -0.25) is 0 Å². The van der Waals surface area contributed by atoms with Crippen LogP contribution >= 0.6 is 29.7 Å². The number of carbonyl (C=O) groups excluding carboxylic acids is 1. The van der Waals surface area contributed by atoms with Gasteiger partial charge in [-0.2, -0.15) is 0 Å². The molecular formula is C15H20Cl2NO4P. The summed E-state index contributed by atoms with van der Waals surface area (Å²) in [5, 5.41) is 0. The third-order valence-electron chi connectivity index (χ3n) is 2.91. The summed E-state index contributed by atoms with van der Waals surface area (Å²) in [7, 11) is 1.63. The van der Waals surface area contributed by atoms with Crippen LogP contribution in [0.5, 0.6) is 5.75 Å². The highest BCUT2D eigenvalue weighted by Crippen LogP contribution is 2.54. The van der Waals surface area contributed by atoms with Crippen LogP contribution in [0.15, 0.2) is 36.9 Å². The second kappa shape index (κ2) is 9.99. The first kappa shape index (κ1) is 20.0. The molecule has 8 heteroatoms. The van der Waals surface area contributed by atoms with Gasteiger partial charge in [0, 0.05) is 23.7 Å². The number of hydrogen-bond acceptors (Lipinski definition) is 4. The Morgan fingerprint density at radius 3 is 2.57 bits per heavy atom. The van der Waals surface area contributed by atoms with Crippen molar-refractivity contribution in [1.29, 1.82) is 0 Å². The van der Waals surface area contributed by atoms with Crippen molar-refractivity contribution < 1.29 is 18.6 Å². The zero-order valence-electron chi connectivity index (χ0n) is 12.9. The van der Waals surface area contributed by atoms with E-state index >= 15 is 0 Å². The lowest BCUT2D eigenvalue weighted by Gasteiger charge is -2.22. The molecule has 0 spiro atoms. The number of hydrogen-bond donors (Lipinski definition) is 0. The fraction of sp³-hybridized carbons (Fsp3) is 0.400. The van der Waals surface area contributed by atoms with E-state index in [0.29, 0.717) is 23.7 Å². The molecule has 0 aliphatic heterocycles. The standard InChI is InChI=1S/C15H20Cl2NO4P/c1-3-12-21-15(19)13-6-8-14(9-7-13)22-23(17,20)18(2)11-5-4-10-16/h3,6-9H,1,4-5,10-12H2,2H3. The fourth-order valence-electron chi connectivity index (χ4n) is 1.62. The molecule has 0 aliphatic carbocycles. The molecule has 1 aromatic carbocycles. The number of ether oxygens (including phenoxy) is 1. The number of alkyl halides is 1. The molecule has 0 aromatic heterocycles. The van der Waals surface area contributed by atoms with Crippen LogP contribution in [-0.2, 0) is 9.30 Å². The number of rotatable bonds is 10. The third kappa shape index (κ3) is 6.96. The van der Waals surface area contributed by atoms with Gasteiger partial charge in [-0.15, -0.1) is 11.6 Å². The van der Waals surface area contributed by atoms with Crippen LogP contribution in [0.2, 0.25) is 0 Å². The van der Waals surface area contributed by atoms with Crippen molar-refractivity contribution >= 4 is 35.7 Å². The van der Waals surface area contributed by atoms with Crippen LogP contribution in [0.3, 0.4) is 0 Å². The minimum atomic E-state index is -3.47. The molecule has 0 N–H and O–H groups in total. The maximum absolute atomic E-state index is 12.4. The smallest absolute Gasteiger partial charge is 0.411 e. The molecule has 128 valence electrons. The van der Waals surface area contributed by atoms with Gasteiger partial charge < -0.3 is 9.26 Å². The Kier molecular flexibility index (Phi) is 8.71. The summed E-state index contributed by atoms with van der Waals surface area (Å²) in [6, 6.07) is 6.08. The van der Waals surface area contributed by atoms with Gasteiger partial charge in [0.15, 0.2) is 0 Å². The summed E-state index contributed by atoms with van der Waals surface area (Å²) in [6.45, 7) is 0.653. The Morgan fingerprint density at radius 2 is 2.00 bits per heavy atom. The summed E-state index contributed by atoms with van der Waals surface area (Å²) in [6.07, 6.45) is 3.07. The summed E-state index contributed by atoms with van der Waals surface area (Å²) in [4.78, 5) is 11.6. The molecule has 0 saturated carbocycles. The van der Waals surface area contributed by atoms with Crippen molar-refractivity contribution in [3.63, 3.8) is 0 Å². The first-order valence-electron chi connectivity index (χ1n) is 7.05. The number of benzene rings is 1. The van der Waals surface area contributed by atoms with Crippen LogP contribution in [0.1, 0.15) is 23.2 Å². The first-order chi connectivity index (χ1) is 10.9. The monoisotopic (exact) mass is 379 g/mol. The van der Waals surface area contributed by atoms with Gasteiger partial charge in [-0.05, 0) is 44.2 Å². The molecular weight excluding hydrogens is 360 g/mol. The number of esters is 1. The van der Waals surface area contributed by atoms with Crippen LogP contribution in [0.4, 0.5) is 0 Å². The molecule has 0 saturated heterocycles. The van der Waals surface area contributed by atoms with Crippen LogP contribution in [0.25, 0.3) is 0 Å². The Bertz CT molecular complexity index is 565. The van der Waals surface area contributed by atoms with Gasteiger partial charge in [0.2, 0.25) is 0 Å². The first-order valence-corrected chi connectivity index (χ1v) is 10.1. The Morgan fingerprint density at radius 1 is 1.35 bits per heavy atom. The van der Waals surface area contributed by atoms with Crippen LogP contribution < -0.4 is 4.52 Å². The highest BCUT2D eigenvalue weighted by Gasteiger charge is 2.27. The largest absolute Gasteiger partial charge is 0.458 e. The lowest BCUT2D eigenvalue weighted by atomic mass is 10.2. The summed E-state index contributed by atoms with van der Waals surface area (Å²) in [5.74, 6) is 0.390. The summed E-state index contributed by atoms with van der Waals surface area (Å²) >= 11 is 11.6. The van der Waals surface area contributed by atoms with Gasteiger partial charge >= 0.3 is 12.8 Å². The molecule has 1 atom stereocenters. The van der Waals surface area contributed by atoms with E-state index in [4.69, 9.17) is 32.1 Å². The molecule has 5 nitrogen and oxygen atoms in total. The van der Waals surface area contributed by atoms with Crippen molar-refractivity contribution in [3.05, 3.63) is 42.5 Å². The highest BCUT2D eigenvalue weighted by atomic mass is 35.7. The minimum absolute atomic E-state index is 0.140. The maximum atomic E-state index is 12.4. The number of unbranched alkanes of at least 4 members (excludes halogenated alkanes) is 1. The van der Waals surface area contributed by atoms with Crippen molar-refractivity contribution in [3.8, 4) is 5.75 Å². The van der Waals surface area contributed by atoms with Gasteiger partial charge in [0.1, 0.15) is 12.4 Å². The van der Waals surface area contributed by atoms with Crippen molar-refractivity contribution in [2.75, 3.05) is 26.1 Å². The molecule has 0 bridgehead atoms. The Balaban J connectivity index is 2.64. The second-order valence-corrected chi connectivity index (χ2v) is 8.16. The molecule has 0 fully saturated rings. The maximum Gasteiger partial charge on any atom is 0.411 e. The zero-order valence-corrected chi connectivity index (χ0v) is 15.3. The average molecular weight is 380 g/mol. The van der Waals surface area contributed by atoms with E-state index in [-0.39, 0.29) is 6.61 Å². The van der Waals surface area contributed by atoms with Gasteiger partial charge in [-0.25, -0.2) is 14.0 Å². The summed E-state index contributed by atoms with van der Waals surface area (Å²) < 4.78 is 24.1. The molecule has 0 amide bonds. The molecule has 0 heterocycles. The fourth-order valence-corrected chi connectivity index (χ4v) is 3.18. The number of nitrogens with zero attached hydrogens (tertiary/aromatic N) is 1. The van der Waals surface area contributed by atoms with Gasteiger partial charge in [0.25, 0.3) is 0 Å². The van der Waals surface area contributed by atoms with E-state index in [0.717, 1.165) is 12.8 Å². The Labute approximate surface area is 146 Å². The molecule has 0 radical (unpaired) electrons. The van der Waals surface area contributed by atoms with Gasteiger partial charge in [-0.1, -0.05) is 12.7 Å². The van der Waals surface area contributed by atoms with E-state index in [9.17, 15) is 9.36 Å². The van der Waals surface area contributed by atoms with Crippen molar-refractivity contribution in [2.24, 2.45) is 0 Å². The quantitative estimate of drug-likeness (QED) is 0.194. The minimum Gasteiger partial charge on any atom is -0.458 e. The normalized spacial score (nSPS) is 13.4. The SMILES string of the molecule is C=CCOC(=O)c1ccc(OP(=O)(Cl)N(C)CCCCCl)cc1. The van der Waals surface area contributed by atoms with E-state index in [2.05, 4.69) is 6.58 Å². The molecule has 1 aromatic rings. The molecule has 1 rings (SSSR count). The van der Waals surface area contributed by atoms with E-state index < -0.39 is 12.8 Å². The highest BCUT2D eigenvalue weighted by molar-refractivity contribution is 7.83. The van der Waals surface area contributed by atoms with Crippen molar-refractivity contribution in [1.82, 2.24) is 4.67 Å². The predicted octanol–water partition coefficient (Wildman–Crippen LogP) is 4.71. The van der Waals surface area contributed by atoms with Gasteiger partial charge in [0.05, 0.1) is 5.56 Å². The second-order valence-electron chi connectivity index (χ2n) is 4.73. The van der Waals surface area contributed by atoms with E-state index in [1.54, 1.807) is 7.05 Å².